The minimum Gasteiger partial charge on any atom is -0.374 e. The van der Waals surface area contributed by atoms with Crippen LogP contribution >= 0.6 is 7.82 Å². The van der Waals surface area contributed by atoms with E-state index in [0.29, 0.717) is 45.7 Å². The highest BCUT2D eigenvalue weighted by atomic mass is 31.2. The van der Waals surface area contributed by atoms with E-state index < -0.39 is 32.2 Å². The van der Waals surface area contributed by atoms with Gasteiger partial charge in [0, 0.05) is 19.3 Å². The topological polar surface area (TPSA) is 81.7 Å². The highest BCUT2D eigenvalue weighted by Gasteiger charge is 2.46. The van der Waals surface area contributed by atoms with Crippen molar-refractivity contribution in [2.75, 3.05) is 6.61 Å². The van der Waals surface area contributed by atoms with Crippen molar-refractivity contribution in [3.05, 3.63) is 215 Å². The van der Waals surface area contributed by atoms with Gasteiger partial charge in [0.2, 0.25) is 0 Å². The molecule has 1 aliphatic carbocycles. The maximum absolute atomic E-state index is 15.1. The second kappa shape index (κ2) is 22.6. The number of phosphoric ester groups is 1. The SMILES string of the molecule is O=P(OCc1ccccc1)(OCc1ccccc1)O[C@@H]1[C@H](OCc2ccccc2)C[C@@H](OCc2ccccc2)C[C@H]1O[C@@H](COCc1ccccc1)Cc1ccccc1. The number of benzene rings is 6. The molecule has 0 radical (unpaired) electrons. The van der Waals surface area contributed by atoms with Gasteiger partial charge in [0.25, 0.3) is 0 Å². The Labute approximate surface area is 348 Å². The fourth-order valence-electron chi connectivity index (χ4n) is 7.11. The average Bonchev–Trinajstić information content (AvgIpc) is 3.29. The molecule has 0 saturated heterocycles. The van der Waals surface area contributed by atoms with Crippen LogP contribution in [0.15, 0.2) is 182 Å². The molecule has 5 atom stereocenters. The zero-order valence-electron chi connectivity index (χ0n) is 33.3. The van der Waals surface area contributed by atoms with E-state index in [1.165, 1.54) is 0 Å². The van der Waals surface area contributed by atoms with Gasteiger partial charge in [-0.2, -0.15) is 0 Å². The first-order valence-corrected chi connectivity index (χ1v) is 21.8. The normalized spacial score (nSPS) is 18.6. The fraction of sp³-hybridized carbons (Fsp3) is 0.280. The van der Waals surface area contributed by atoms with Gasteiger partial charge in [-0.25, -0.2) is 4.57 Å². The molecule has 0 amide bonds. The second-order valence-corrected chi connectivity index (χ2v) is 16.4. The van der Waals surface area contributed by atoms with Crippen molar-refractivity contribution in [1.29, 1.82) is 0 Å². The van der Waals surface area contributed by atoms with Gasteiger partial charge in [0.05, 0.1) is 64.1 Å². The van der Waals surface area contributed by atoms with Crippen molar-refractivity contribution >= 4 is 7.82 Å². The highest BCUT2D eigenvalue weighted by molar-refractivity contribution is 7.48. The number of hydrogen-bond donors (Lipinski definition) is 0. The van der Waals surface area contributed by atoms with E-state index in [2.05, 4.69) is 24.3 Å². The van der Waals surface area contributed by atoms with Gasteiger partial charge in [0.1, 0.15) is 6.10 Å². The number of phosphoric acid groups is 1. The van der Waals surface area contributed by atoms with Crippen LogP contribution in [0.1, 0.15) is 46.2 Å². The molecule has 1 aliphatic rings. The molecule has 0 unspecified atom stereocenters. The quantitative estimate of drug-likeness (QED) is 0.0627. The molecule has 0 N–H and O–H groups in total. The highest BCUT2D eigenvalue weighted by Crippen LogP contribution is 2.54. The molecule has 0 aromatic heterocycles. The lowest BCUT2D eigenvalue weighted by atomic mass is 9.89. The van der Waals surface area contributed by atoms with Crippen LogP contribution in [0.25, 0.3) is 0 Å². The Morgan fingerprint density at radius 2 is 0.847 bits per heavy atom. The van der Waals surface area contributed by atoms with E-state index in [1.54, 1.807) is 0 Å². The molecule has 0 aliphatic heterocycles. The fourth-order valence-corrected chi connectivity index (χ4v) is 8.49. The number of hydrogen-bond acceptors (Lipinski definition) is 8. The first kappa shape index (κ1) is 42.4. The first-order chi connectivity index (χ1) is 29.1. The van der Waals surface area contributed by atoms with Crippen molar-refractivity contribution in [2.45, 2.75) is 82.8 Å². The van der Waals surface area contributed by atoms with E-state index in [-0.39, 0.29) is 19.3 Å². The molecule has 0 heterocycles. The van der Waals surface area contributed by atoms with Crippen molar-refractivity contribution in [3.8, 4) is 0 Å². The molecule has 1 fully saturated rings. The molecule has 0 spiro atoms. The van der Waals surface area contributed by atoms with E-state index in [4.69, 9.17) is 32.5 Å². The lowest BCUT2D eigenvalue weighted by Gasteiger charge is -2.42. The predicted molar refractivity (Wildman–Crippen MR) is 229 cm³/mol. The van der Waals surface area contributed by atoms with Crippen LogP contribution in [-0.2, 0) is 76.5 Å². The maximum Gasteiger partial charge on any atom is 0.475 e. The lowest BCUT2D eigenvalue weighted by molar-refractivity contribution is -0.188. The third-order valence-corrected chi connectivity index (χ3v) is 11.6. The molecule has 59 heavy (non-hydrogen) atoms. The Kier molecular flexibility index (Phi) is 16.2. The van der Waals surface area contributed by atoms with Crippen LogP contribution in [0, 0.1) is 0 Å². The Morgan fingerprint density at radius 1 is 0.458 bits per heavy atom. The van der Waals surface area contributed by atoms with Crippen molar-refractivity contribution in [3.63, 3.8) is 0 Å². The van der Waals surface area contributed by atoms with Crippen molar-refractivity contribution in [1.82, 2.24) is 0 Å². The minimum atomic E-state index is -4.28. The second-order valence-electron chi connectivity index (χ2n) is 14.7. The Morgan fingerprint density at radius 3 is 1.32 bits per heavy atom. The van der Waals surface area contributed by atoms with Gasteiger partial charge < -0.3 is 18.9 Å². The minimum absolute atomic E-state index is 0.0213. The van der Waals surface area contributed by atoms with Gasteiger partial charge in [-0.05, 0) is 33.4 Å². The zero-order valence-corrected chi connectivity index (χ0v) is 34.2. The molecule has 306 valence electrons. The molecule has 6 aromatic carbocycles. The standard InChI is InChI=1S/C50H53O8P/c51-59(55-37-44-27-15-5-16-28-44,56-38-45-29-17-6-18-30-45)58-50-48(54-36-43-25-13-4-14-26-43)32-46(53-35-42-23-11-3-12-24-42)33-49(50)57-47(31-40-19-7-1-8-20-40)39-52-34-41-21-9-2-10-22-41/h1-30,46-50H,31-39H2/t46-,47-,48-,49-,50-/m1/s1. The molecular weight excluding hydrogens is 760 g/mol. The molecule has 6 aromatic rings. The zero-order chi connectivity index (χ0) is 40.4. The van der Waals surface area contributed by atoms with Crippen LogP contribution in [0.2, 0.25) is 0 Å². The summed E-state index contributed by atoms with van der Waals surface area (Å²) >= 11 is 0. The Balaban J connectivity index is 1.20. The molecule has 7 rings (SSSR count). The van der Waals surface area contributed by atoms with Gasteiger partial charge in [-0.15, -0.1) is 0 Å². The van der Waals surface area contributed by atoms with E-state index in [0.717, 1.165) is 33.4 Å². The van der Waals surface area contributed by atoms with Crippen molar-refractivity contribution < 1.29 is 37.1 Å². The summed E-state index contributed by atoms with van der Waals surface area (Å²) in [6, 6.07) is 59.6. The summed E-state index contributed by atoms with van der Waals surface area (Å²) < 4.78 is 61.0. The van der Waals surface area contributed by atoms with Gasteiger partial charge in [-0.3, -0.25) is 13.6 Å². The van der Waals surface area contributed by atoms with E-state index >= 15 is 4.57 Å². The largest absolute Gasteiger partial charge is 0.475 e. The monoisotopic (exact) mass is 812 g/mol. The predicted octanol–water partition coefficient (Wildman–Crippen LogP) is 11.1. The summed E-state index contributed by atoms with van der Waals surface area (Å²) in [6.07, 6.45) is -1.27. The van der Waals surface area contributed by atoms with E-state index in [1.807, 2.05) is 158 Å². The summed E-state index contributed by atoms with van der Waals surface area (Å²) in [7, 11) is -4.28. The number of rotatable bonds is 22. The molecule has 9 heteroatoms. The van der Waals surface area contributed by atoms with Crippen molar-refractivity contribution in [2.24, 2.45) is 0 Å². The smallest absolute Gasteiger partial charge is 0.374 e. The van der Waals surface area contributed by atoms with Gasteiger partial charge in [0.15, 0.2) is 0 Å². The van der Waals surface area contributed by atoms with Crippen LogP contribution in [0.5, 0.6) is 0 Å². The average molecular weight is 813 g/mol. The molecule has 0 bridgehead atoms. The third-order valence-electron chi connectivity index (χ3n) is 10.2. The third kappa shape index (κ3) is 13.9. The van der Waals surface area contributed by atoms with Crippen LogP contribution in [0.3, 0.4) is 0 Å². The van der Waals surface area contributed by atoms with Crippen LogP contribution in [-0.4, -0.2) is 37.1 Å². The summed E-state index contributed by atoms with van der Waals surface area (Å²) in [5, 5.41) is 0. The maximum atomic E-state index is 15.1. The lowest BCUT2D eigenvalue weighted by Crippen LogP contribution is -2.52. The molecule has 8 nitrogen and oxygen atoms in total. The van der Waals surface area contributed by atoms with Crippen LogP contribution in [0.4, 0.5) is 0 Å². The summed E-state index contributed by atoms with van der Waals surface area (Å²) in [5.41, 5.74) is 5.90. The number of ether oxygens (including phenoxy) is 4. The van der Waals surface area contributed by atoms with E-state index in [9.17, 15) is 0 Å². The van der Waals surface area contributed by atoms with Crippen LogP contribution < -0.4 is 0 Å². The van der Waals surface area contributed by atoms with Gasteiger partial charge >= 0.3 is 7.82 Å². The molecule has 1 saturated carbocycles. The first-order valence-electron chi connectivity index (χ1n) is 20.3. The van der Waals surface area contributed by atoms with Gasteiger partial charge in [-0.1, -0.05) is 182 Å². The molecular formula is C50H53O8P. The summed E-state index contributed by atoms with van der Waals surface area (Å²) in [6.45, 7) is 1.51. The summed E-state index contributed by atoms with van der Waals surface area (Å²) in [4.78, 5) is 0. The Bertz CT molecular complexity index is 2050. The Hall–Kier alpha value is -4.73. The summed E-state index contributed by atoms with van der Waals surface area (Å²) in [5.74, 6) is 0.